The van der Waals surface area contributed by atoms with Crippen LogP contribution in [0.4, 0.5) is 0 Å². The van der Waals surface area contributed by atoms with E-state index < -0.39 is 0 Å². The lowest BCUT2D eigenvalue weighted by atomic mass is 10.0. The molecule has 21 heavy (non-hydrogen) atoms. The smallest absolute Gasteiger partial charge is 0.150 e. The summed E-state index contributed by atoms with van der Waals surface area (Å²) >= 11 is 0. The third-order valence-electron chi connectivity index (χ3n) is 5.30. The maximum absolute atomic E-state index is 4.60. The van der Waals surface area contributed by atoms with E-state index in [1.165, 1.54) is 35.6 Å². The number of aromatic nitrogens is 3. The summed E-state index contributed by atoms with van der Waals surface area (Å²) in [6.45, 7) is 2.08. The molecule has 108 valence electrons. The van der Waals surface area contributed by atoms with Crippen molar-refractivity contribution in [2.75, 3.05) is 6.54 Å². The number of benzene rings is 1. The molecule has 4 heteroatoms. The number of fused-ring (bicyclic) bond motifs is 2. The van der Waals surface area contributed by atoms with Crippen molar-refractivity contribution in [3.05, 3.63) is 47.0 Å². The SMILES string of the molecule is c1ccc2c(c1)CC(c1nnc3n1CCNC3C1CC1)C2. The zero-order chi connectivity index (χ0) is 13.8. The summed E-state index contributed by atoms with van der Waals surface area (Å²) in [6, 6.07) is 9.26. The molecule has 1 unspecified atom stereocenters. The van der Waals surface area contributed by atoms with Gasteiger partial charge in [-0.1, -0.05) is 24.3 Å². The minimum atomic E-state index is 0.448. The summed E-state index contributed by atoms with van der Waals surface area (Å²) in [6.07, 6.45) is 4.93. The number of nitrogens with one attached hydrogen (secondary N) is 1. The molecule has 1 aromatic heterocycles. The molecule has 0 saturated heterocycles. The van der Waals surface area contributed by atoms with Crippen LogP contribution in [0.2, 0.25) is 0 Å². The summed E-state index contributed by atoms with van der Waals surface area (Å²) in [4.78, 5) is 0. The lowest BCUT2D eigenvalue weighted by Crippen LogP contribution is -2.35. The maximum atomic E-state index is 4.60. The van der Waals surface area contributed by atoms with Gasteiger partial charge in [-0.2, -0.15) is 0 Å². The van der Waals surface area contributed by atoms with Crippen LogP contribution in [0.1, 0.15) is 47.6 Å². The molecular formula is C17H20N4. The minimum Gasteiger partial charge on any atom is -0.312 e. The van der Waals surface area contributed by atoms with Gasteiger partial charge in [0, 0.05) is 19.0 Å². The van der Waals surface area contributed by atoms with Gasteiger partial charge < -0.3 is 9.88 Å². The fraction of sp³-hybridized carbons (Fsp3) is 0.529. The Hall–Kier alpha value is -1.68. The molecule has 0 bridgehead atoms. The first-order valence-corrected chi connectivity index (χ1v) is 8.13. The van der Waals surface area contributed by atoms with Crippen molar-refractivity contribution >= 4 is 0 Å². The van der Waals surface area contributed by atoms with Crippen molar-refractivity contribution in [2.24, 2.45) is 5.92 Å². The Balaban J connectivity index is 1.49. The molecule has 2 aliphatic carbocycles. The van der Waals surface area contributed by atoms with Gasteiger partial charge in [0.25, 0.3) is 0 Å². The molecule has 0 spiro atoms. The Kier molecular flexibility index (Phi) is 2.50. The van der Waals surface area contributed by atoms with Crippen LogP contribution >= 0.6 is 0 Å². The van der Waals surface area contributed by atoms with E-state index in [2.05, 4.69) is 44.3 Å². The van der Waals surface area contributed by atoms with Crippen LogP contribution in [0.5, 0.6) is 0 Å². The van der Waals surface area contributed by atoms with Gasteiger partial charge in [0.15, 0.2) is 5.82 Å². The quantitative estimate of drug-likeness (QED) is 0.917. The zero-order valence-electron chi connectivity index (χ0n) is 12.1. The minimum absolute atomic E-state index is 0.448. The van der Waals surface area contributed by atoms with Crippen molar-refractivity contribution < 1.29 is 0 Å². The molecule has 1 aromatic carbocycles. The maximum Gasteiger partial charge on any atom is 0.150 e. The van der Waals surface area contributed by atoms with Gasteiger partial charge in [-0.25, -0.2) is 0 Å². The van der Waals surface area contributed by atoms with Crippen molar-refractivity contribution in [1.29, 1.82) is 0 Å². The molecule has 1 fully saturated rings. The molecule has 1 saturated carbocycles. The van der Waals surface area contributed by atoms with E-state index in [0.717, 1.165) is 31.8 Å². The average molecular weight is 280 g/mol. The van der Waals surface area contributed by atoms with Crippen LogP contribution in [0.25, 0.3) is 0 Å². The molecule has 2 aromatic rings. The van der Waals surface area contributed by atoms with Crippen LogP contribution in [0.15, 0.2) is 24.3 Å². The van der Waals surface area contributed by atoms with Crippen molar-refractivity contribution in [3.8, 4) is 0 Å². The molecular weight excluding hydrogens is 260 g/mol. The lowest BCUT2D eigenvalue weighted by molar-refractivity contribution is 0.373. The van der Waals surface area contributed by atoms with Crippen LogP contribution in [0.3, 0.4) is 0 Å². The Morgan fingerprint density at radius 3 is 2.43 bits per heavy atom. The molecule has 0 amide bonds. The van der Waals surface area contributed by atoms with Gasteiger partial charge in [0.1, 0.15) is 5.82 Å². The van der Waals surface area contributed by atoms with E-state index in [9.17, 15) is 0 Å². The fourth-order valence-corrected chi connectivity index (χ4v) is 4.06. The highest BCUT2D eigenvalue weighted by Crippen LogP contribution is 2.42. The first kappa shape index (κ1) is 11.9. The third kappa shape index (κ3) is 1.85. The standard InChI is InChI=1S/C17H20N4/c1-2-4-13-10-14(9-12(13)3-1)16-19-20-17-15(11-5-6-11)18-7-8-21(16)17/h1-4,11,14-15,18H,5-10H2. The van der Waals surface area contributed by atoms with Crippen LogP contribution in [-0.4, -0.2) is 21.3 Å². The Bertz CT molecular complexity index is 661. The topological polar surface area (TPSA) is 42.7 Å². The van der Waals surface area contributed by atoms with Gasteiger partial charge in [-0.15, -0.1) is 10.2 Å². The van der Waals surface area contributed by atoms with Gasteiger partial charge in [0.2, 0.25) is 0 Å². The second-order valence-corrected chi connectivity index (χ2v) is 6.71. The van der Waals surface area contributed by atoms with E-state index in [-0.39, 0.29) is 0 Å². The predicted molar refractivity (Wildman–Crippen MR) is 80.1 cm³/mol. The van der Waals surface area contributed by atoms with E-state index >= 15 is 0 Å². The molecule has 1 aliphatic heterocycles. The largest absolute Gasteiger partial charge is 0.312 e. The second kappa shape index (κ2) is 4.41. The van der Waals surface area contributed by atoms with Crippen LogP contribution in [-0.2, 0) is 19.4 Å². The molecule has 0 radical (unpaired) electrons. The molecule has 5 rings (SSSR count). The highest BCUT2D eigenvalue weighted by atomic mass is 15.3. The summed E-state index contributed by atoms with van der Waals surface area (Å²) < 4.78 is 2.41. The third-order valence-corrected chi connectivity index (χ3v) is 5.30. The highest BCUT2D eigenvalue weighted by Gasteiger charge is 2.38. The average Bonchev–Trinajstić information content (AvgIpc) is 3.12. The first-order chi connectivity index (χ1) is 10.4. The summed E-state index contributed by atoms with van der Waals surface area (Å²) in [7, 11) is 0. The molecule has 4 nitrogen and oxygen atoms in total. The summed E-state index contributed by atoms with van der Waals surface area (Å²) in [5.41, 5.74) is 2.99. The van der Waals surface area contributed by atoms with Gasteiger partial charge in [0.05, 0.1) is 6.04 Å². The van der Waals surface area contributed by atoms with Crippen molar-refractivity contribution in [2.45, 2.75) is 44.2 Å². The number of nitrogens with zero attached hydrogens (tertiary/aromatic N) is 3. The summed E-state index contributed by atoms with van der Waals surface area (Å²) in [5, 5.41) is 12.8. The Morgan fingerprint density at radius 1 is 1.00 bits per heavy atom. The van der Waals surface area contributed by atoms with Crippen LogP contribution in [0, 0.1) is 5.92 Å². The highest BCUT2D eigenvalue weighted by molar-refractivity contribution is 5.35. The Morgan fingerprint density at radius 2 is 1.71 bits per heavy atom. The van der Waals surface area contributed by atoms with E-state index in [1.54, 1.807) is 0 Å². The predicted octanol–water partition coefficient (Wildman–Crippen LogP) is 2.21. The molecule has 3 aliphatic rings. The van der Waals surface area contributed by atoms with Gasteiger partial charge >= 0.3 is 0 Å². The van der Waals surface area contributed by atoms with Gasteiger partial charge in [-0.3, -0.25) is 0 Å². The van der Waals surface area contributed by atoms with E-state index in [4.69, 9.17) is 0 Å². The second-order valence-electron chi connectivity index (χ2n) is 6.71. The first-order valence-electron chi connectivity index (χ1n) is 8.13. The lowest BCUT2D eigenvalue weighted by Gasteiger charge is -2.25. The summed E-state index contributed by atoms with van der Waals surface area (Å²) in [5.74, 6) is 3.71. The van der Waals surface area contributed by atoms with Crippen molar-refractivity contribution in [3.63, 3.8) is 0 Å². The van der Waals surface area contributed by atoms with E-state index in [0.29, 0.717) is 12.0 Å². The molecule has 2 heterocycles. The molecule has 1 N–H and O–H groups in total. The Labute approximate surface area is 124 Å². The normalized spacial score (nSPS) is 24.9. The van der Waals surface area contributed by atoms with Crippen LogP contribution < -0.4 is 5.32 Å². The monoisotopic (exact) mass is 280 g/mol. The number of hydrogen-bond donors (Lipinski definition) is 1. The van der Waals surface area contributed by atoms with Gasteiger partial charge in [-0.05, 0) is 42.7 Å². The zero-order valence-corrected chi connectivity index (χ0v) is 12.1. The number of rotatable bonds is 2. The number of hydrogen-bond acceptors (Lipinski definition) is 3. The van der Waals surface area contributed by atoms with E-state index in [1.807, 2.05) is 0 Å². The van der Waals surface area contributed by atoms with Crippen molar-refractivity contribution in [1.82, 2.24) is 20.1 Å². The fourth-order valence-electron chi connectivity index (χ4n) is 4.06. The molecule has 1 atom stereocenters.